The van der Waals surface area contributed by atoms with Gasteiger partial charge in [-0.3, -0.25) is 4.98 Å². The summed E-state index contributed by atoms with van der Waals surface area (Å²) in [6.45, 7) is 3.58. The van der Waals surface area contributed by atoms with Crippen molar-refractivity contribution in [3.05, 3.63) is 40.8 Å². The van der Waals surface area contributed by atoms with Crippen LogP contribution in [-0.4, -0.2) is 26.0 Å². The highest BCUT2D eigenvalue weighted by Crippen LogP contribution is 2.16. The first-order chi connectivity index (χ1) is 8.63. The molecule has 0 saturated heterocycles. The van der Waals surface area contributed by atoms with Crippen molar-refractivity contribution in [2.24, 2.45) is 0 Å². The Hall–Kier alpha value is -1.88. The number of H-pyrrole nitrogens is 1. The molecule has 0 saturated carbocycles. The Labute approximate surface area is 105 Å². The van der Waals surface area contributed by atoms with Crippen LogP contribution in [0.1, 0.15) is 26.3 Å². The first-order valence-electron chi connectivity index (χ1n) is 6.05. The van der Waals surface area contributed by atoms with E-state index >= 15 is 0 Å². The van der Waals surface area contributed by atoms with E-state index in [2.05, 4.69) is 10.1 Å². The average Bonchev–Trinajstić information content (AvgIpc) is 2.73. The van der Waals surface area contributed by atoms with Gasteiger partial charge >= 0.3 is 5.69 Å². The van der Waals surface area contributed by atoms with Crippen LogP contribution in [0.3, 0.4) is 0 Å². The van der Waals surface area contributed by atoms with Crippen molar-refractivity contribution in [2.75, 3.05) is 0 Å². The van der Waals surface area contributed by atoms with Crippen molar-refractivity contribution in [1.29, 1.82) is 0 Å². The van der Waals surface area contributed by atoms with E-state index in [1.807, 2.05) is 37.3 Å². The standard InChI is InChI=1S/C13H17N3O2/c1-3-11(9(2)17)16-13(18)14-12(15-16)10-7-5-4-6-8-10/h4-9,11,17H,3H2,1-2H3,(H,14,15,18)/t9-,11-/m0/s1. The largest absolute Gasteiger partial charge is 0.391 e. The molecular formula is C13H17N3O2. The van der Waals surface area contributed by atoms with E-state index in [1.165, 1.54) is 4.68 Å². The summed E-state index contributed by atoms with van der Waals surface area (Å²) in [5.74, 6) is 0.528. The number of aromatic nitrogens is 3. The van der Waals surface area contributed by atoms with Gasteiger partial charge in [0, 0.05) is 5.56 Å². The topological polar surface area (TPSA) is 70.9 Å². The van der Waals surface area contributed by atoms with Gasteiger partial charge in [-0.15, -0.1) is 5.10 Å². The van der Waals surface area contributed by atoms with E-state index < -0.39 is 6.10 Å². The molecule has 0 amide bonds. The van der Waals surface area contributed by atoms with E-state index in [0.29, 0.717) is 12.2 Å². The first kappa shape index (κ1) is 12.6. The first-order valence-corrected chi connectivity index (χ1v) is 6.05. The Bertz CT molecular complexity index is 557. The van der Waals surface area contributed by atoms with E-state index in [1.54, 1.807) is 6.92 Å². The SMILES string of the molecule is CC[C@@H]([C@H](C)O)n1nc(-c2ccccc2)[nH]c1=O. The van der Waals surface area contributed by atoms with Gasteiger partial charge in [-0.1, -0.05) is 37.3 Å². The molecule has 1 heterocycles. The average molecular weight is 247 g/mol. The summed E-state index contributed by atoms with van der Waals surface area (Å²) in [5.41, 5.74) is 0.565. The Kier molecular flexibility index (Phi) is 3.62. The lowest BCUT2D eigenvalue weighted by Crippen LogP contribution is -2.30. The van der Waals surface area contributed by atoms with E-state index in [-0.39, 0.29) is 11.7 Å². The molecule has 1 aromatic carbocycles. The van der Waals surface area contributed by atoms with Crippen LogP contribution in [0.25, 0.3) is 11.4 Å². The van der Waals surface area contributed by atoms with Gasteiger partial charge in [0.25, 0.3) is 0 Å². The second-order valence-electron chi connectivity index (χ2n) is 4.31. The lowest BCUT2D eigenvalue weighted by Gasteiger charge is -2.16. The fourth-order valence-corrected chi connectivity index (χ4v) is 2.01. The minimum Gasteiger partial charge on any atom is -0.391 e. The highest BCUT2D eigenvalue weighted by atomic mass is 16.3. The number of nitrogens with one attached hydrogen (secondary N) is 1. The van der Waals surface area contributed by atoms with Gasteiger partial charge in [-0.25, -0.2) is 9.48 Å². The lowest BCUT2D eigenvalue weighted by atomic mass is 10.1. The number of rotatable bonds is 4. The highest BCUT2D eigenvalue weighted by molar-refractivity contribution is 5.53. The monoisotopic (exact) mass is 247 g/mol. The number of benzene rings is 1. The molecule has 0 aliphatic heterocycles. The van der Waals surface area contributed by atoms with E-state index in [0.717, 1.165) is 5.56 Å². The summed E-state index contributed by atoms with van der Waals surface area (Å²) in [6.07, 6.45) is 0.0380. The summed E-state index contributed by atoms with van der Waals surface area (Å²) in [6, 6.07) is 9.14. The number of nitrogens with zero attached hydrogens (tertiary/aromatic N) is 2. The summed E-state index contributed by atoms with van der Waals surface area (Å²) >= 11 is 0. The van der Waals surface area contributed by atoms with Gasteiger partial charge in [0.2, 0.25) is 0 Å². The van der Waals surface area contributed by atoms with Crippen LogP contribution in [0.4, 0.5) is 0 Å². The van der Waals surface area contributed by atoms with Gasteiger partial charge in [0.05, 0.1) is 12.1 Å². The molecule has 2 N–H and O–H groups in total. The number of aromatic amines is 1. The molecule has 0 spiro atoms. The minimum atomic E-state index is -0.611. The molecule has 0 fully saturated rings. The molecule has 96 valence electrons. The molecule has 0 aliphatic carbocycles. The van der Waals surface area contributed by atoms with Crippen molar-refractivity contribution < 1.29 is 5.11 Å². The maximum Gasteiger partial charge on any atom is 0.343 e. The maximum absolute atomic E-state index is 11.9. The Balaban J connectivity index is 2.42. The summed E-state index contributed by atoms with van der Waals surface area (Å²) in [7, 11) is 0. The predicted molar refractivity (Wildman–Crippen MR) is 69.3 cm³/mol. The van der Waals surface area contributed by atoms with Crippen LogP contribution in [0.2, 0.25) is 0 Å². The van der Waals surface area contributed by atoms with Gasteiger partial charge in [0.1, 0.15) is 0 Å². The third kappa shape index (κ3) is 2.36. The molecule has 2 rings (SSSR count). The molecule has 5 heteroatoms. The molecule has 2 atom stereocenters. The third-order valence-corrected chi connectivity index (χ3v) is 2.98. The number of hydrogen-bond donors (Lipinski definition) is 2. The highest BCUT2D eigenvalue weighted by Gasteiger charge is 2.19. The predicted octanol–water partition coefficient (Wildman–Crippen LogP) is 1.57. The zero-order valence-electron chi connectivity index (χ0n) is 10.5. The zero-order chi connectivity index (χ0) is 13.1. The molecule has 5 nitrogen and oxygen atoms in total. The van der Waals surface area contributed by atoms with Crippen molar-refractivity contribution in [2.45, 2.75) is 32.4 Å². The van der Waals surface area contributed by atoms with Gasteiger partial charge in [0.15, 0.2) is 5.82 Å². The molecule has 1 aromatic heterocycles. The Morgan fingerprint density at radius 3 is 2.61 bits per heavy atom. The second kappa shape index (κ2) is 5.18. The van der Waals surface area contributed by atoms with Crippen molar-refractivity contribution >= 4 is 0 Å². The summed E-state index contributed by atoms with van der Waals surface area (Å²) < 4.78 is 1.33. The van der Waals surface area contributed by atoms with E-state index in [9.17, 15) is 9.90 Å². The second-order valence-corrected chi connectivity index (χ2v) is 4.31. The molecule has 0 bridgehead atoms. The van der Waals surface area contributed by atoms with Crippen molar-refractivity contribution in [1.82, 2.24) is 14.8 Å². The normalized spacial score (nSPS) is 14.4. The van der Waals surface area contributed by atoms with Crippen molar-refractivity contribution in [3.63, 3.8) is 0 Å². The number of aliphatic hydroxyl groups excluding tert-OH is 1. The number of hydrogen-bond acceptors (Lipinski definition) is 3. The molecule has 2 aromatic rings. The molecule has 0 aliphatic rings. The zero-order valence-corrected chi connectivity index (χ0v) is 10.5. The van der Waals surface area contributed by atoms with Gasteiger partial charge < -0.3 is 5.11 Å². The maximum atomic E-state index is 11.9. The fourth-order valence-electron chi connectivity index (χ4n) is 2.01. The van der Waals surface area contributed by atoms with Crippen LogP contribution in [0.5, 0.6) is 0 Å². The molecule has 0 unspecified atom stereocenters. The smallest absolute Gasteiger partial charge is 0.343 e. The van der Waals surface area contributed by atoms with Crippen LogP contribution >= 0.6 is 0 Å². The van der Waals surface area contributed by atoms with Crippen LogP contribution in [0.15, 0.2) is 35.1 Å². The molecule has 0 radical (unpaired) electrons. The Morgan fingerprint density at radius 2 is 2.06 bits per heavy atom. The summed E-state index contributed by atoms with van der Waals surface area (Å²) in [5, 5.41) is 13.9. The molecular weight excluding hydrogens is 230 g/mol. The lowest BCUT2D eigenvalue weighted by molar-refractivity contribution is 0.118. The van der Waals surface area contributed by atoms with E-state index in [4.69, 9.17) is 0 Å². The quantitative estimate of drug-likeness (QED) is 0.861. The Morgan fingerprint density at radius 1 is 1.39 bits per heavy atom. The summed E-state index contributed by atoms with van der Waals surface area (Å²) in [4.78, 5) is 14.6. The molecule has 18 heavy (non-hydrogen) atoms. The van der Waals surface area contributed by atoms with Crippen molar-refractivity contribution in [3.8, 4) is 11.4 Å². The minimum absolute atomic E-state index is 0.290. The van der Waals surface area contributed by atoms with Gasteiger partial charge in [-0.2, -0.15) is 0 Å². The van der Waals surface area contributed by atoms with Crippen LogP contribution in [-0.2, 0) is 0 Å². The van der Waals surface area contributed by atoms with Crippen LogP contribution < -0.4 is 5.69 Å². The van der Waals surface area contributed by atoms with Gasteiger partial charge in [-0.05, 0) is 13.3 Å². The fraction of sp³-hybridized carbons (Fsp3) is 0.385. The third-order valence-electron chi connectivity index (χ3n) is 2.98. The van der Waals surface area contributed by atoms with Crippen LogP contribution in [0, 0.1) is 0 Å². The number of aliphatic hydroxyl groups is 1.